The molecule has 0 spiro atoms. The van der Waals surface area contributed by atoms with Gasteiger partial charge in [0.1, 0.15) is 11.0 Å². The fourth-order valence-corrected chi connectivity index (χ4v) is 1.56. The molecule has 0 aliphatic heterocycles. The molecular weight excluding hydrogens is 216 g/mol. The largest absolute Gasteiger partial charge is 0.352 e. The van der Waals surface area contributed by atoms with Crippen LogP contribution in [0, 0.1) is 5.92 Å². The molecule has 0 saturated carbocycles. The number of nitrogens with zero attached hydrogens (tertiary/aromatic N) is 2. The van der Waals surface area contributed by atoms with Gasteiger partial charge in [-0.3, -0.25) is 4.79 Å². The second kappa shape index (κ2) is 4.95. The smallest absolute Gasteiger partial charge is 0.251 e. The highest BCUT2D eigenvalue weighted by Crippen LogP contribution is 2.10. The maximum atomic E-state index is 11.8. The Hall–Kier alpha value is -1.91. The van der Waals surface area contributed by atoms with Gasteiger partial charge in [0.15, 0.2) is 0 Å². The summed E-state index contributed by atoms with van der Waals surface area (Å²) in [5.74, 6) is 0.531. The second-order valence-corrected chi connectivity index (χ2v) is 4.47. The lowest BCUT2D eigenvalue weighted by molar-refractivity contribution is 0.0952. The zero-order chi connectivity index (χ0) is 12.3. The molecule has 1 amide bonds. The van der Waals surface area contributed by atoms with E-state index >= 15 is 0 Å². The number of amides is 1. The van der Waals surface area contributed by atoms with Crippen LogP contribution < -0.4 is 5.32 Å². The Morgan fingerprint density at radius 3 is 2.88 bits per heavy atom. The number of nitrogens with one attached hydrogen (secondary N) is 2. The van der Waals surface area contributed by atoms with E-state index in [0.717, 1.165) is 11.9 Å². The maximum absolute atomic E-state index is 11.8. The van der Waals surface area contributed by atoms with E-state index in [-0.39, 0.29) is 5.91 Å². The van der Waals surface area contributed by atoms with Gasteiger partial charge in [0.05, 0.1) is 0 Å². The lowest BCUT2D eigenvalue weighted by atomic mass is 10.1. The number of hydrogen-bond acceptors (Lipinski definition) is 3. The Labute approximate surface area is 99.6 Å². The average molecular weight is 232 g/mol. The minimum absolute atomic E-state index is 0.0597. The fourth-order valence-electron chi connectivity index (χ4n) is 1.56. The molecule has 5 heteroatoms. The molecule has 0 radical (unpaired) electrons. The van der Waals surface area contributed by atoms with Gasteiger partial charge in [-0.25, -0.2) is 0 Å². The van der Waals surface area contributed by atoms with E-state index in [1.165, 1.54) is 0 Å². The van der Waals surface area contributed by atoms with Crippen LogP contribution in [-0.2, 0) is 0 Å². The third-order valence-corrected chi connectivity index (χ3v) is 2.59. The van der Waals surface area contributed by atoms with Crippen LogP contribution in [0.3, 0.4) is 0 Å². The molecule has 90 valence electrons. The lowest BCUT2D eigenvalue weighted by Gasteiger charge is -2.06. The summed E-state index contributed by atoms with van der Waals surface area (Å²) in [6.45, 7) is 4.97. The number of aromatic nitrogens is 3. The summed E-state index contributed by atoms with van der Waals surface area (Å²) in [4.78, 5) is 11.8. The number of carbonyl (C=O) groups excluding carboxylic acids is 1. The summed E-state index contributed by atoms with van der Waals surface area (Å²) in [5.41, 5.74) is 2.10. The van der Waals surface area contributed by atoms with Gasteiger partial charge in [-0.05, 0) is 30.5 Å². The molecule has 2 rings (SSSR count). The van der Waals surface area contributed by atoms with Crippen molar-refractivity contribution in [1.29, 1.82) is 0 Å². The van der Waals surface area contributed by atoms with Crippen molar-refractivity contribution in [1.82, 2.24) is 20.7 Å². The molecule has 1 heterocycles. The van der Waals surface area contributed by atoms with Crippen LogP contribution in [0.4, 0.5) is 0 Å². The SMILES string of the molecule is CC(C)CCNC(=O)c1ccc2n[nH]nc2c1. The van der Waals surface area contributed by atoms with Crippen LogP contribution >= 0.6 is 0 Å². The van der Waals surface area contributed by atoms with Gasteiger partial charge in [0.25, 0.3) is 5.91 Å². The zero-order valence-electron chi connectivity index (χ0n) is 10.0. The third kappa shape index (κ3) is 2.81. The summed E-state index contributed by atoms with van der Waals surface area (Å²) >= 11 is 0. The van der Waals surface area contributed by atoms with Crippen molar-refractivity contribution >= 4 is 16.9 Å². The van der Waals surface area contributed by atoms with E-state index in [9.17, 15) is 4.79 Å². The predicted octanol–water partition coefficient (Wildman–Crippen LogP) is 1.73. The molecule has 0 atom stereocenters. The van der Waals surface area contributed by atoms with Crippen molar-refractivity contribution in [2.45, 2.75) is 20.3 Å². The van der Waals surface area contributed by atoms with Crippen LogP contribution in [0.1, 0.15) is 30.6 Å². The average Bonchev–Trinajstić information content (AvgIpc) is 2.75. The molecule has 0 aliphatic rings. The van der Waals surface area contributed by atoms with Crippen molar-refractivity contribution < 1.29 is 4.79 Å². The first-order chi connectivity index (χ1) is 8.16. The van der Waals surface area contributed by atoms with Crippen LogP contribution in [0.5, 0.6) is 0 Å². The van der Waals surface area contributed by atoms with E-state index in [4.69, 9.17) is 0 Å². The number of fused-ring (bicyclic) bond motifs is 1. The number of benzene rings is 1. The predicted molar refractivity (Wildman–Crippen MR) is 65.7 cm³/mol. The summed E-state index contributed by atoms with van der Waals surface area (Å²) in [6, 6.07) is 5.29. The van der Waals surface area contributed by atoms with Gasteiger partial charge < -0.3 is 5.32 Å². The quantitative estimate of drug-likeness (QED) is 0.843. The number of aromatic amines is 1. The van der Waals surface area contributed by atoms with Crippen LogP contribution in [0.15, 0.2) is 18.2 Å². The van der Waals surface area contributed by atoms with Gasteiger partial charge in [-0.1, -0.05) is 13.8 Å². The van der Waals surface area contributed by atoms with Gasteiger partial charge in [-0.2, -0.15) is 15.4 Å². The Kier molecular flexibility index (Phi) is 3.37. The molecule has 17 heavy (non-hydrogen) atoms. The van der Waals surface area contributed by atoms with Crippen LogP contribution in [0.2, 0.25) is 0 Å². The molecule has 2 N–H and O–H groups in total. The number of rotatable bonds is 4. The molecule has 0 bridgehead atoms. The Morgan fingerprint density at radius 1 is 1.35 bits per heavy atom. The second-order valence-electron chi connectivity index (χ2n) is 4.47. The molecule has 0 saturated heterocycles. The van der Waals surface area contributed by atoms with Crippen molar-refractivity contribution in [2.24, 2.45) is 5.92 Å². The highest BCUT2D eigenvalue weighted by Gasteiger charge is 2.07. The maximum Gasteiger partial charge on any atom is 0.251 e. The Balaban J connectivity index is 2.03. The van der Waals surface area contributed by atoms with Crippen molar-refractivity contribution in [3.8, 4) is 0 Å². The van der Waals surface area contributed by atoms with E-state index in [2.05, 4.69) is 34.6 Å². The van der Waals surface area contributed by atoms with E-state index in [1.807, 2.05) is 0 Å². The molecule has 0 fully saturated rings. The van der Waals surface area contributed by atoms with Crippen LogP contribution in [0.25, 0.3) is 11.0 Å². The summed E-state index contributed by atoms with van der Waals surface area (Å²) in [5, 5.41) is 13.3. The first kappa shape index (κ1) is 11.6. The topological polar surface area (TPSA) is 70.7 Å². The monoisotopic (exact) mass is 232 g/mol. The lowest BCUT2D eigenvalue weighted by Crippen LogP contribution is -2.25. The van der Waals surface area contributed by atoms with E-state index in [1.54, 1.807) is 18.2 Å². The molecule has 5 nitrogen and oxygen atoms in total. The summed E-state index contributed by atoms with van der Waals surface area (Å²) in [6.07, 6.45) is 0.984. The highest BCUT2D eigenvalue weighted by molar-refractivity contribution is 5.97. The molecule has 2 aromatic rings. The van der Waals surface area contributed by atoms with Gasteiger partial charge in [-0.15, -0.1) is 0 Å². The molecule has 1 aromatic heterocycles. The van der Waals surface area contributed by atoms with Gasteiger partial charge >= 0.3 is 0 Å². The standard InChI is InChI=1S/C12H16N4O/c1-8(2)5-6-13-12(17)9-3-4-10-11(7-9)15-16-14-10/h3-4,7-8H,5-6H2,1-2H3,(H,13,17)(H,14,15,16). The molecule has 0 unspecified atom stereocenters. The van der Waals surface area contributed by atoms with E-state index in [0.29, 0.717) is 23.5 Å². The number of hydrogen-bond donors (Lipinski definition) is 2. The van der Waals surface area contributed by atoms with Crippen LogP contribution in [-0.4, -0.2) is 27.9 Å². The van der Waals surface area contributed by atoms with Gasteiger partial charge in [0.2, 0.25) is 0 Å². The highest BCUT2D eigenvalue weighted by atomic mass is 16.1. The molecular formula is C12H16N4O. The minimum Gasteiger partial charge on any atom is -0.352 e. The normalized spacial score (nSPS) is 11.0. The van der Waals surface area contributed by atoms with Crippen molar-refractivity contribution in [2.75, 3.05) is 6.54 Å². The number of H-pyrrole nitrogens is 1. The summed E-state index contributed by atoms with van der Waals surface area (Å²) in [7, 11) is 0. The first-order valence-corrected chi connectivity index (χ1v) is 5.75. The Bertz CT molecular complexity index is 518. The minimum atomic E-state index is -0.0597. The van der Waals surface area contributed by atoms with Crippen molar-refractivity contribution in [3.63, 3.8) is 0 Å². The molecule has 0 aliphatic carbocycles. The summed E-state index contributed by atoms with van der Waals surface area (Å²) < 4.78 is 0. The zero-order valence-corrected chi connectivity index (χ0v) is 10.0. The Morgan fingerprint density at radius 2 is 2.12 bits per heavy atom. The third-order valence-electron chi connectivity index (χ3n) is 2.59. The van der Waals surface area contributed by atoms with E-state index < -0.39 is 0 Å². The first-order valence-electron chi connectivity index (χ1n) is 5.75. The van der Waals surface area contributed by atoms with Crippen molar-refractivity contribution in [3.05, 3.63) is 23.8 Å². The fraction of sp³-hybridized carbons (Fsp3) is 0.417. The molecule has 1 aromatic carbocycles. The number of carbonyl (C=O) groups is 1. The van der Waals surface area contributed by atoms with Gasteiger partial charge in [0, 0.05) is 12.1 Å².